The van der Waals surface area contributed by atoms with Crippen LogP contribution in [0, 0.1) is 5.92 Å². The number of rotatable bonds is 7. The van der Waals surface area contributed by atoms with E-state index in [1.807, 2.05) is 19.0 Å². The maximum absolute atomic E-state index is 12.5. The number of nitrogens with one attached hydrogen (secondary N) is 1. The lowest BCUT2D eigenvalue weighted by Crippen LogP contribution is -2.44. The van der Waals surface area contributed by atoms with Crippen molar-refractivity contribution in [3.63, 3.8) is 0 Å². The average Bonchev–Trinajstić information content (AvgIpc) is 2.76. The SMILES string of the molecule is CC(C)CN(CCN(C)C)S(=O)(=O)C1CCNC1. The lowest BCUT2D eigenvalue weighted by Gasteiger charge is -2.27. The molecule has 1 heterocycles. The summed E-state index contributed by atoms with van der Waals surface area (Å²) in [5.41, 5.74) is 0. The fourth-order valence-corrected chi connectivity index (χ4v) is 4.14. The summed E-state index contributed by atoms with van der Waals surface area (Å²) in [6, 6.07) is 0. The standard InChI is InChI=1S/C12H27N3O2S/c1-11(2)10-15(8-7-14(3)4)18(16,17)12-5-6-13-9-12/h11-13H,5-10H2,1-4H3. The molecule has 0 aromatic carbocycles. The van der Waals surface area contributed by atoms with Crippen LogP contribution in [0.2, 0.25) is 0 Å². The Balaban J connectivity index is 2.73. The van der Waals surface area contributed by atoms with Gasteiger partial charge in [-0.1, -0.05) is 13.8 Å². The van der Waals surface area contributed by atoms with Crippen LogP contribution >= 0.6 is 0 Å². The first-order chi connectivity index (χ1) is 8.34. The lowest BCUT2D eigenvalue weighted by molar-refractivity contribution is 0.310. The molecule has 0 bridgehead atoms. The van der Waals surface area contributed by atoms with Gasteiger partial charge in [0.25, 0.3) is 0 Å². The zero-order valence-electron chi connectivity index (χ0n) is 12.0. The molecule has 1 aliphatic rings. The van der Waals surface area contributed by atoms with Crippen molar-refractivity contribution in [3.8, 4) is 0 Å². The molecule has 1 unspecified atom stereocenters. The van der Waals surface area contributed by atoms with Crippen molar-refractivity contribution in [2.24, 2.45) is 5.92 Å². The third kappa shape index (κ3) is 4.50. The van der Waals surface area contributed by atoms with Crippen LogP contribution in [-0.2, 0) is 10.0 Å². The summed E-state index contributed by atoms with van der Waals surface area (Å²) in [5, 5.41) is 2.90. The van der Waals surface area contributed by atoms with Gasteiger partial charge in [0.05, 0.1) is 5.25 Å². The zero-order chi connectivity index (χ0) is 13.8. The van der Waals surface area contributed by atoms with Gasteiger partial charge in [-0.05, 0) is 33.0 Å². The molecule has 1 fully saturated rings. The highest BCUT2D eigenvalue weighted by molar-refractivity contribution is 7.89. The molecule has 0 amide bonds. The smallest absolute Gasteiger partial charge is 0.218 e. The molecule has 1 rings (SSSR count). The Kier molecular flexibility index (Phi) is 6.04. The molecule has 6 heteroatoms. The van der Waals surface area contributed by atoms with Crippen molar-refractivity contribution in [2.75, 3.05) is 46.8 Å². The second-order valence-corrected chi connectivity index (χ2v) is 7.93. The summed E-state index contributed by atoms with van der Waals surface area (Å²) in [5.74, 6) is 0.358. The van der Waals surface area contributed by atoms with Crippen LogP contribution in [0.4, 0.5) is 0 Å². The predicted molar refractivity (Wildman–Crippen MR) is 75.2 cm³/mol. The van der Waals surface area contributed by atoms with Crippen molar-refractivity contribution in [1.29, 1.82) is 0 Å². The van der Waals surface area contributed by atoms with Crippen LogP contribution in [-0.4, -0.2) is 69.7 Å². The maximum atomic E-state index is 12.5. The number of likely N-dealkylation sites (N-methyl/N-ethyl adjacent to an activating group) is 1. The monoisotopic (exact) mass is 277 g/mol. The van der Waals surface area contributed by atoms with Gasteiger partial charge in [-0.15, -0.1) is 0 Å². The first-order valence-corrected chi connectivity index (χ1v) is 8.18. The minimum absolute atomic E-state index is 0.238. The van der Waals surface area contributed by atoms with Gasteiger partial charge in [0.1, 0.15) is 0 Å². The Bertz CT molecular complexity index is 335. The van der Waals surface area contributed by atoms with Crippen LogP contribution < -0.4 is 5.32 Å². The van der Waals surface area contributed by atoms with Crippen molar-refractivity contribution in [2.45, 2.75) is 25.5 Å². The van der Waals surface area contributed by atoms with Crippen LogP contribution in [0.1, 0.15) is 20.3 Å². The van der Waals surface area contributed by atoms with Gasteiger partial charge in [-0.25, -0.2) is 12.7 Å². The van der Waals surface area contributed by atoms with Crippen molar-refractivity contribution in [3.05, 3.63) is 0 Å². The number of nitrogens with zero attached hydrogens (tertiary/aromatic N) is 2. The molecule has 0 radical (unpaired) electrons. The Labute approximate surface area is 112 Å². The second kappa shape index (κ2) is 6.84. The van der Waals surface area contributed by atoms with Gasteiger partial charge in [0.2, 0.25) is 10.0 Å². The van der Waals surface area contributed by atoms with E-state index in [2.05, 4.69) is 19.2 Å². The van der Waals surface area contributed by atoms with Crippen LogP contribution in [0.5, 0.6) is 0 Å². The largest absolute Gasteiger partial charge is 0.315 e. The minimum Gasteiger partial charge on any atom is -0.315 e. The molecular weight excluding hydrogens is 250 g/mol. The summed E-state index contributed by atoms with van der Waals surface area (Å²) in [6.45, 7) is 7.50. The van der Waals surface area contributed by atoms with Gasteiger partial charge >= 0.3 is 0 Å². The summed E-state index contributed by atoms with van der Waals surface area (Å²) >= 11 is 0. The molecule has 0 saturated carbocycles. The third-order valence-electron chi connectivity index (χ3n) is 3.16. The zero-order valence-corrected chi connectivity index (χ0v) is 12.8. The fraction of sp³-hybridized carbons (Fsp3) is 1.00. The van der Waals surface area contributed by atoms with Gasteiger partial charge in [-0.3, -0.25) is 0 Å². The topological polar surface area (TPSA) is 52.7 Å². The van der Waals surface area contributed by atoms with E-state index in [0.717, 1.165) is 19.5 Å². The Morgan fingerprint density at radius 1 is 1.28 bits per heavy atom. The Morgan fingerprint density at radius 3 is 2.39 bits per heavy atom. The molecule has 1 aliphatic heterocycles. The molecule has 0 aromatic heterocycles. The van der Waals surface area contributed by atoms with Crippen LogP contribution in [0.3, 0.4) is 0 Å². The van der Waals surface area contributed by atoms with Crippen LogP contribution in [0.15, 0.2) is 0 Å². The van der Waals surface area contributed by atoms with Crippen molar-refractivity contribution < 1.29 is 8.42 Å². The first-order valence-electron chi connectivity index (χ1n) is 6.68. The summed E-state index contributed by atoms with van der Waals surface area (Å²) < 4.78 is 26.8. The van der Waals surface area contributed by atoms with E-state index >= 15 is 0 Å². The number of sulfonamides is 1. The molecule has 0 aliphatic carbocycles. The number of hydrogen-bond donors (Lipinski definition) is 1. The Hall–Kier alpha value is -0.170. The molecule has 0 aromatic rings. The van der Waals surface area contributed by atoms with Crippen LogP contribution in [0.25, 0.3) is 0 Å². The number of hydrogen-bond acceptors (Lipinski definition) is 4. The van der Waals surface area contributed by atoms with E-state index in [-0.39, 0.29) is 5.25 Å². The molecule has 5 nitrogen and oxygen atoms in total. The normalized spacial score (nSPS) is 21.4. The quantitative estimate of drug-likeness (QED) is 0.722. The first kappa shape index (κ1) is 15.9. The van der Waals surface area contributed by atoms with Gasteiger partial charge in [0.15, 0.2) is 0 Å². The van der Waals surface area contributed by atoms with Crippen molar-refractivity contribution >= 4 is 10.0 Å². The van der Waals surface area contributed by atoms with Gasteiger partial charge < -0.3 is 10.2 Å². The van der Waals surface area contributed by atoms with E-state index in [1.54, 1.807) is 4.31 Å². The van der Waals surface area contributed by atoms with E-state index in [1.165, 1.54) is 0 Å². The molecule has 18 heavy (non-hydrogen) atoms. The van der Waals surface area contributed by atoms with Gasteiger partial charge in [-0.2, -0.15) is 0 Å². The molecule has 1 atom stereocenters. The lowest BCUT2D eigenvalue weighted by atomic mass is 10.2. The van der Waals surface area contributed by atoms with E-state index in [0.29, 0.717) is 25.6 Å². The summed E-state index contributed by atoms with van der Waals surface area (Å²) in [4.78, 5) is 2.02. The maximum Gasteiger partial charge on any atom is 0.218 e. The summed E-state index contributed by atoms with van der Waals surface area (Å²) in [6.07, 6.45) is 0.735. The van der Waals surface area contributed by atoms with E-state index in [4.69, 9.17) is 0 Å². The predicted octanol–water partition coefficient (Wildman–Crippen LogP) is 0.198. The molecule has 1 saturated heterocycles. The highest BCUT2D eigenvalue weighted by Gasteiger charge is 2.34. The molecule has 0 spiro atoms. The average molecular weight is 277 g/mol. The summed E-state index contributed by atoms with van der Waals surface area (Å²) in [7, 11) is 0.792. The van der Waals surface area contributed by atoms with E-state index < -0.39 is 10.0 Å². The molecular formula is C12H27N3O2S. The highest BCUT2D eigenvalue weighted by Crippen LogP contribution is 2.16. The van der Waals surface area contributed by atoms with E-state index in [9.17, 15) is 8.42 Å². The van der Waals surface area contributed by atoms with Gasteiger partial charge in [0, 0.05) is 26.2 Å². The molecule has 108 valence electrons. The third-order valence-corrected chi connectivity index (χ3v) is 5.46. The second-order valence-electron chi connectivity index (χ2n) is 5.71. The fourth-order valence-electron chi connectivity index (χ4n) is 2.13. The minimum atomic E-state index is -3.15. The Morgan fingerprint density at radius 2 is 1.94 bits per heavy atom. The molecule has 1 N–H and O–H groups in total. The highest BCUT2D eigenvalue weighted by atomic mass is 32.2. The van der Waals surface area contributed by atoms with Crippen molar-refractivity contribution in [1.82, 2.24) is 14.5 Å².